The number of aryl methyl sites for hydroxylation is 1. The van der Waals surface area contributed by atoms with Crippen LogP contribution in [0.1, 0.15) is 30.0 Å². The summed E-state index contributed by atoms with van der Waals surface area (Å²) < 4.78 is 6.64. The van der Waals surface area contributed by atoms with E-state index in [1.165, 1.54) is 4.68 Å². The molecule has 7 nitrogen and oxygen atoms in total. The highest BCUT2D eigenvalue weighted by molar-refractivity contribution is 5.78. The van der Waals surface area contributed by atoms with Gasteiger partial charge in [-0.05, 0) is 24.6 Å². The van der Waals surface area contributed by atoms with Gasteiger partial charge in [-0.15, -0.1) is 0 Å². The fourth-order valence-corrected chi connectivity index (χ4v) is 2.79. The maximum Gasteiger partial charge on any atom is 0.266 e. The minimum absolute atomic E-state index is 0.0610. The predicted molar refractivity (Wildman–Crippen MR) is 83.7 cm³/mol. The van der Waals surface area contributed by atoms with Crippen LogP contribution in [0.3, 0.4) is 0 Å². The molecule has 0 unspecified atom stereocenters. The van der Waals surface area contributed by atoms with Crippen LogP contribution in [0.25, 0.3) is 0 Å². The lowest BCUT2D eigenvalue weighted by molar-refractivity contribution is -0.123. The van der Waals surface area contributed by atoms with Crippen LogP contribution in [0, 0.1) is 0 Å². The van der Waals surface area contributed by atoms with E-state index in [-0.39, 0.29) is 17.5 Å². The number of amides is 1. The summed E-state index contributed by atoms with van der Waals surface area (Å²) in [6.45, 7) is 3.50. The zero-order chi connectivity index (χ0) is 16.4. The van der Waals surface area contributed by atoms with Crippen molar-refractivity contribution < 1.29 is 9.21 Å². The second kappa shape index (κ2) is 6.37. The van der Waals surface area contributed by atoms with E-state index in [1.807, 2.05) is 17.9 Å². The summed E-state index contributed by atoms with van der Waals surface area (Å²) in [5.74, 6) is 0.671. The summed E-state index contributed by atoms with van der Waals surface area (Å²) in [6.07, 6.45) is 2.33. The zero-order valence-corrected chi connectivity index (χ0v) is 13.3. The Bertz CT molecular complexity index is 751. The number of nitrogens with one attached hydrogen (secondary N) is 1. The molecule has 2 aromatic rings. The average molecular weight is 316 g/mol. The molecule has 1 aliphatic heterocycles. The van der Waals surface area contributed by atoms with Crippen molar-refractivity contribution in [3.63, 3.8) is 0 Å². The molecule has 1 aliphatic rings. The van der Waals surface area contributed by atoms with Crippen LogP contribution in [0.4, 0.5) is 0 Å². The van der Waals surface area contributed by atoms with Gasteiger partial charge >= 0.3 is 0 Å². The van der Waals surface area contributed by atoms with Crippen molar-refractivity contribution in [2.24, 2.45) is 7.05 Å². The van der Waals surface area contributed by atoms with Gasteiger partial charge in [0.05, 0.1) is 24.5 Å². The van der Waals surface area contributed by atoms with Crippen molar-refractivity contribution in [2.45, 2.75) is 25.9 Å². The number of hydrogen-bond donors (Lipinski definition) is 1. The van der Waals surface area contributed by atoms with Gasteiger partial charge in [0, 0.05) is 32.6 Å². The van der Waals surface area contributed by atoms with Crippen molar-refractivity contribution in [3.05, 3.63) is 51.8 Å². The van der Waals surface area contributed by atoms with Crippen LogP contribution in [-0.2, 0) is 24.8 Å². The van der Waals surface area contributed by atoms with Gasteiger partial charge in [-0.2, -0.15) is 5.10 Å². The van der Waals surface area contributed by atoms with E-state index in [0.29, 0.717) is 13.1 Å². The number of fused-ring (bicyclic) bond motifs is 1. The highest BCUT2D eigenvalue weighted by Crippen LogP contribution is 2.15. The number of aromatic nitrogens is 2. The fraction of sp³-hybridized carbons (Fsp3) is 0.438. The first-order valence-corrected chi connectivity index (χ1v) is 7.64. The van der Waals surface area contributed by atoms with Gasteiger partial charge in [-0.1, -0.05) is 0 Å². The molecule has 1 amide bonds. The molecule has 0 fully saturated rings. The summed E-state index contributed by atoms with van der Waals surface area (Å²) in [5.41, 5.74) is 1.72. The van der Waals surface area contributed by atoms with E-state index < -0.39 is 0 Å². The van der Waals surface area contributed by atoms with Crippen LogP contribution in [0.5, 0.6) is 0 Å². The number of carbonyl (C=O) groups excluding carboxylic acids is 1. The first-order chi connectivity index (χ1) is 11.0. The van der Waals surface area contributed by atoms with Gasteiger partial charge in [-0.3, -0.25) is 14.5 Å². The fourth-order valence-electron chi connectivity index (χ4n) is 2.79. The third-order valence-corrected chi connectivity index (χ3v) is 4.03. The van der Waals surface area contributed by atoms with E-state index in [4.69, 9.17) is 4.42 Å². The Hall–Kier alpha value is -2.41. The number of rotatable bonds is 4. The third kappa shape index (κ3) is 3.50. The first kappa shape index (κ1) is 15.5. The lowest BCUT2D eigenvalue weighted by Gasteiger charge is -2.27. The Morgan fingerprint density at radius 2 is 2.35 bits per heavy atom. The van der Waals surface area contributed by atoms with Crippen LogP contribution < -0.4 is 10.9 Å². The molecule has 23 heavy (non-hydrogen) atoms. The minimum atomic E-state index is -0.163. The third-order valence-electron chi connectivity index (χ3n) is 4.03. The molecule has 2 aromatic heterocycles. The molecular formula is C16H20N4O3. The quantitative estimate of drug-likeness (QED) is 0.894. The molecule has 3 rings (SSSR count). The van der Waals surface area contributed by atoms with E-state index >= 15 is 0 Å². The molecule has 7 heteroatoms. The molecule has 0 saturated heterocycles. The summed E-state index contributed by atoms with van der Waals surface area (Å²) in [6, 6.07) is 5.08. The number of nitrogens with zero attached hydrogens (tertiary/aromatic N) is 3. The number of carbonyl (C=O) groups is 1. The Balaban J connectivity index is 1.60. The predicted octanol–water partition coefficient (Wildman–Crippen LogP) is 0.609. The monoisotopic (exact) mass is 316 g/mol. The summed E-state index contributed by atoms with van der Waals surface area (Å²) >= 11 is 0. The van der Waals surface area contributed by atoms with Gasteiger partial charge in [-0.25, -0.2) is 4.68 Å². The summed E-state index contributed by atoms with van der Waals surface area (Å²) in [7, 11) is 1.65. The highest BCUT2D eigenvalue weighted by Gasteiger charge is 2.21. The molecule has 1 N–H and O–H groups in total. The Morgan fingerprint density at radius 1 is 1.52 bits per heavy atom. The SMILES string of the molecule is C[C@@H](NC(=O)CN1CCc2nn(C)c(=O)cc2C1)c1ccco1. The van der Waals surface area contributed by atoms with E-state index in [0.717, 1.165) is 30.0 Å². The molecule has 0 aromatic carbocycles. The lowest BCUT2D eigenvalue weighted by atomic mass is 10.1. The smallest absolute Gasteiger partial charge is 0.266 e. The molecule has 1 atom stereocenters. The maximum atomic E-state index is 12.2. The molecular weight excluding hydrogens is 296 g/mol. The van der Waals surface area contributed by atoms with E-state index in [9.17, 15) is 9.59 Å². The lowest BCUT2D eigenvalue weighted by Crippen LogP contribution is -2.41. The van der Waals surface area contributed by atoms with Crippen LogP contribution in [-0.4, -0.2) is 33.7 Å². The van der Waals surface area contributed by atoms with Crippen molar-refractivity contribution in [1.82, 2.24) is 20.0 Å². The molecule has 0 saturated carbocycles. The average Bonchev–Trinajstić information content (AvgIpc) is 3.03. The maximum absolute atomic E-state index is 12.2. The standard InChI is InChI=1S/C16H20N4O3/c1-11(14-4-3-7-23-14)17-15(21)10-20-6-5-13-12(9-20)8-16(22)19(2)18-13/h3-4,7-8,11H,5-6,9-10H2,1-2H3,(H,17,21)/t11-/m1/s1. The van der Waals surface area contributed by atoms with Gasteiger partial charge < -0.3 is 9.73 Å². The van der Waals surface area contributed by atoms with Gasteiger partial charge in [0.2, 0.25) is 5.91 Å². The second-order valence-corrected chi connectivity index (χ2v) is 5.84. The molecule has 122 valence electrons. The molecule has 0 radical (unpaired) electrons. The molecule has 0 aliphatic carbocycles. The summed E-state index contributed by atoms with van der Waals surface area (Å²) in [5, 5.41) is 7.19. The number of hydrogen-bond acceptors (Lipinski definition) is 5. The van der Waals surface area contributed by atoms with Crippen molar-refractivity contribution in [1.29, 1.82) is 0 Å². The normalized spacial score (nSPS) is 15.9. The largest absolute Gasteiger partial charge is 0.467 e. The van der Waals surface area contributed by atoms with Crippen LogP contribution >= 0.6 is 0 Å². The topological polar surface area (TPSA) is 80.4 Å². The van der Waals surface area contributed by atoms with E-state index in [1.54, 1.807) is 25.4 Å². The zero-order valence-electron chi connectivity index (χ0n) is 13.3. The van der Waals surface area contributed by atoms with Gasteiger partial charge in [0.15, 0.2) is 0 Å². The van der Waals surface area contributed by atoms with Crippen LogP contribution in [0.15, 0.2) is 33.7 Å². The molecule has 3 heterocycles. The van der Waals surface area contributed by atoms with Crippen molar-refractivity contribution in [3.8, 4) is 0 Å². The summed E-state index contributed by atoms with van der Waals surface area (Å²) in [4.78, 5) is 25.9. The Morgan fingerprint density at radius 3 is 3.09 bits per heavy atom. The van der Waals surface area contributed by atoms with Crippen molar-refractivity contribution >= 4 is 5.91 Å². The van der Waals surface area contributed by atoms with Crippen molar-refractivity contribution in [2.75, 3.05) is 13.1 Å². The molecule has 0 spiro atoms. The first-order valence-electron chi connectivity index (χ1n) is 7.64. The highest BCUT2D eigenvalue weighted by atomic mass is 16.3. The van der Waals surface area contributed by atoms with Gasteiger partial charge in [0.25, 0.3) is 5.56 Å². The second-order valence-electron chi connectivity index (χ2n) is 5.84. The van der Waals surface area contributed by atoms with E-state index in [2.05, 4.69) is 10.4 Å². The van der Waals surface area contributed by atoms with Gasteiger partial charge in [0.1, 0.15) is 5.76 Å². The Kier molecular flexibility index (Phi) is 4.29. The van der Waals surface area contributed by atoms with Crippen LogP contribution in [0.2, 0.25) is 0 Å². The minimum Gasteiger partial charge on any atom is -0.467 e. The number of furan rings is 1. The molecule has 0 bridgehead atoms. The Labute approximate surface area is 133 Å².